The summed E-state index contributed by atoms with van der Waals surface area (Å²) in [5.41, 5.74) is 1.96. The number of methoxy groups -OCH3 is 1. The van der Waals surface area contributed by atoms with E-state index in [1.807, 2.05) is 48.5 Å². The maximum atomic E-state index is 12.1. The second-order valence-electron chi connectivity index (χ2n) is 6.19. The summed E-state index contributed by atoms with van der Waals surface area (Å²) in [7, 11) is 1.63. The van der Waals surface area contributed by atoms with Crippen molar-refractivity contribution in [1.82, 2.24) is 5.32 Å². The number of hydrogen-bond acceptors (Lipinski definition) is 2. The predicted molar refractivity (Wildman–Crippen MR) is 94.2 cm³/mol. The highest BCUT2D eigenvalue weighted by Gasteiger charge is 2.21. The van der Waals surface area contributed by atoms with Gasteiger partial charge in [-0.15, -0.1) is 0 Å². The fourth-order valence-electron chi connectivity index (χ4n) is 2.31. The minimum atomic E-state index is -0.153. The molecule has 122 valence electrons. The average molecular weight is 332 g/mol. The molecule has 2 aromatic rings. The Labute approximate surface area is 142 Å². The number of hydrogen-bond donors (Lipinski definition) is 1. The van der Waals surface area contributed by atoms with Crippen LogP contribution in [0.2, 0.25) is 5.02 Å². The van der Waals surface area contributed by atoms with Crippen LogP contribution in [0.3, 0.4) is 0 Å². The molecular formula is C19H22ClNO2. The van der Waals surface area contributed by atoms with Gasteiger partial charge in [-0.25, -0.2) is 0 Å². The first-order valence-electron chi connectivity index (χ1n) is 7.56. The number of amides is 1. The van der Waals surface area contributed by atoms with Crippen LogP contribution in [-0.4, -0.2) is 19.6 Å². The SMILES string of the molecule is COc1ccc(CC(=O)NCC(C)(C)c2ccc(Cl)cc2)cc1. The van der Waals surface area contributed by atoms with Crippen LogP contribution >= 0.6 is 11.6 Å². The smallest absolute Gasteiger partial charge is 0.224 e. The van der Waals surface area contributed by atoms with Crippen molar-refractivity contribution in [1.29, 1.82) is 0 Å². The topological polar surface area (TPSA) is 38.3 Å². The van der Waals surface area contributed by atoms with E-state index in [4.69, 9.17) is 16.3 Å². The van der Waals surface area contributed by atoms with E-state index in [-0.39, 0.29) is 11.3 Å². The van der Waals surface area contributed by atoms with Crippen molar-refractivity contribution in [3.63, 3.8) is 0 Å². The molecule has 1 amide bonds. The van der Waals surface area contributed by atoms with Crippen LogP contribution in [0.15, 0.2) is 48.5 Å². The summed E-state index contributed by atoms with van der Waals surface area (Å²) in [6.07, 6.45) is 0.362. The molecule has 0 aliphatic rings. The van der Waals surface area contributed by atoms with Crippen molar-refractivity contribution in [3.8, 4) is 5.75 Å². The van der Waals surface area contributed by atoms with Gasteiger partial charge in [0.1, 0.15) is 5.75 Å². The highest BCUT2D eigenvalue weighted by molar-refractivity contribution is 6.30. The van der Waals surface area contributed by atoms with E-state index < -0.39 is 0 Å². The lowest BCUT2D eigenvalue weighted by atomic mass is 9.84. The van der Waals surface area contributed by atoms with Crippen molar-refractivity contribution in [2.24, 2.45) is 0 Å². The zero-order chi connectivity index (χ0) is 16.9. The Morgan fingerprint density at radius 3 is 2.26 bits per heavy atom. The van der Waals surface area contributed by atoms with E-state index in [1.165, 1.54) is 0 Å². The fourth-order valence-corrected chi connectivity index (χ4v) is 2.44. The first-order valence-corrected chi connectivity index (χ1v) is 7.94. The van der Waals surface area contributed by atoms with Crippen LogP contribution in [0.5, 0.6) is 5.75 Å². The summed E-state index contributed by atoms with van der Waals surface area (Å²) in [5, 5.41) is 3.73. The van der Waals surface area contributed by atoms with Crippen molar-refractivity contribution in [3.05, 3.63) is 64.7 Å². The van der Waals surface area contributed by atoms with Crippen LogP contribution in [0.25, 0.3) is 0 Å². The lowest BCUT2D eigenvalue weighted by molar-refractivity contribution is -0.120. The van der Waals surface area contributed by atoms with E-state index in [1.54, 1.807) is 7.11 Å². The van der Waals surface area contributed by atoms with Gasteiger partial charge in [-0.2, -0.15) is 0 Å². The van der Waals surface area contributed by atoms with Gasteiger partial charge in [0.05, 0.1) is 13.5 Å². The summed E-state index contributed by atoms with van der Waals surface area (Å²) in [5.74, 6) is 0.801. The molecule has 0 atom stereocenters. The van der Waals surface area contributed by atoms with Crippen molar-refractivity contribution >= 4 is 17.5 Å². The maximum Gasteiger partial charge on any atom is 0.224 e. The van der Waals surface area contributed by atoms with Crippen molar-refractivity contribution in [2.45, 2.75) is 25.7 Å². The number of halogens is 1. The molecule has 0 aromatic heterocycles. The molecule has 2 rings (SSSR count). The molecule has 0 bridgehead atoms. The van der Waals surface area contributed by atoms with Crippen molar-refractivity contribution < 1.29 is 9.53 Å². The molecule has 0 fully saturated rings. The molecule has 0 radical (unpaired) electrons. The van der Waals surface area contributed by atoms with Gasteiger partial charge >= 0.3 is 0 Å². The minimum absolute atomic E-state index is 0.0113. The zero-order valence-electron chi connectivity index (χ0n) is 13.7. The van der Waals surface area contributed by atoms with E-state index in [9.17, 15) is 4.79 Å². The third-order valence-corrected chi connectivity index (χ3v) is 4.13. The van der Waals surface area contributed by atoms with E-state index in [0.29, 0.717) is 18.0 Å². The molecule has 0 aliphatic heterocycles. The van der Waals surface area contributed by atoms with Gasteiger partial charge in [-0.3, -0.25) is 4.79 Å². The molecule has 1 N–H and O–H groups in total. The molecule has 0 spiro atoms. The fraction of sp³-hybridized carbons (Fsp3) is 0.316. The largest absolute Gasteiger partial charge is 0.497 e. The van der Waals surface area contributed by atoms with E-state index in [0.717, 1.165) is 16.9 Å². The number of nitrogens with one attached hydrogen (secondary N) is 1. The number of carbonyl (C=O) groups excluding carboxylic acids is 1. The summed E-state index contributed by atoms with van der Waals surface area (Å²) >= 11 is 5.92. The Bertz CT molecular complexity index is 648. The highest BCUT2D eigenvalue weighted by atomic mass is 35.5. The van der Waals surface area contributed by atoms with Gasteiger partial charge in [-0.1, -0.05) is 49.7 Å². The Balaban J connectivity index is 1.90. The number of carbonyl (C=O) groups is 1. The Morgan fingerprint density at radius 2 is 1.70 bits per heavy atom. The van der Waals surface area contributed by atoms with Crippen LogP contribution in [-0.2, 0) is 16.6 Å². The molecule has 0 saturated heterocycles. The molecule has 3 nitrogen and oxygen atoms in total. The molecule has 0 aliphatic carbocycles. The van der Waals surface area contributed by atoms with Crippen LogP contribution in [0.4, 0.5) is 0 Å². The monoisotopic (exact) mass is 331 g/mol. The molecular weight excluding hydrogens is 310 g/mol. The lowest BCUT2D eigenvalue weighted by Crippen LogP contribution is -2.37. The van der Waals surface area contributed by atoms with Crippen molar-refractivity contribution in [2.75, 3.05) is 13.7 Å². The normalized spacial score (nSPS) is 11.1. The molecule has 2 aromatic carbocycles. The Morgan fingerprint density at radius 1 is 1.09 bits per heavy atom. The number of ether oxygens (including phenoxy) is 1. The third-order valence-electron chi connectivity index (χ3n) is 3.88. The Kier molecular flexibility index (Phi) is 5.67. The zero-order valence-corrected chi connectivity index (χ0v) is 14.5. The van der Waals surface area contributed by atoms with Crippen LogP contribution in [0.1, 0.15) is 25.0 Å². The van der Waals surface area contributed by atoms with Crippen LogP contribution < -0.4 is 10.1 Å². The number of benzene rings is 2. The summed E-state index contributed by atoms with van der Waals surface area (Å²) in [4.78, 5) is 12.1. The first kappa shape index (κ1) is 17.4. The van der Waals surface area contributed by atoms with Gasteiger partial charge < -0.3 is 10.1 Å². The second kappa shape index (κ2) is 7.51. The summed E-state index contributed by atoms with van der Waals surface area (Å²) in [6.45, 7) is 4.78. The van der Waals surface area contributed by atoms with Gasteiger partial charge in [0.2, 0.25) is 5.91 Å². The third kappa shape index (κ3) is 5.00. The molecule has 4 heteroatoms. The average Bonchev–Trinajstić information content (AvgIpc) is 2.54. The molecule has 0 unspecified atom stereocenters. The summed E-state index contributed by atoms with van der Waals surface area (Å²) in [6, 6.07) is 15.3. The lowest BCUT2D eigenvalue weighted by Gasteiger charge is -2.25. The molecule has 0 saturated carbocycles. The second-order valence-corrected chi connectivity index (χ2v) is 6.63. The van der Waals surface area contributed by atoms with E-state index in [2.05, 4.69) is 19.2 Å². The van der Waals surface area contributed by atoms with Gasteiger partial charge in [-0.05, 0) is 35.4 Å². The maximum absolute atomic E-state index is 12.1. The van der Waals surface area contributed by atoms with Gasteiger partial charge in [0.15, 0.2) is 0 Å². The predicted octanol–water partition coefficient (Wildman–Crippen LogP) is 3.99. The highest BCUT2D eigenvalue weighted by Crippen LogP contribution is 2.23. The standard InChI is InChI=1S/C19H22ClNO2/c1-19(2,15-6-8-16(20)9-7-15)13-21-18(22)12-14-4-10-17(23-3)11-5-14/h4-11H,12-13H2,1-3H3,(H,21,22). The van der Waals surface area contributed by atoms with E-state index >= 15 is 0 Å². The minimum Gasteiger partial charge on any atom is -0.497 e. The first-order chi connectivity index (χ1) is 10.9. The quantitative estimate of drug-likeness (QED) is 0.869. The molecule has 0 heterocycles. The number of rotatable bonds is 6. The van der Waals surface area contributed by atoms with Gasteiger partial charge in [0, 0.05) is 17.0 Å². The van der Waals surface area contributed by atoms with Crippen LogP contribution in [0, 0.1) is 0 Å². The van der Waals surface area contributed by atoms with Gasteiger partial charge in [0.25, 0.3) is 0 Å². The summed E-state index contributed by atoms with van der Waals surface area (Å²) < 4.78 is 5.11. The molecule has 23 heavy (non-hydrogen) atoms. The Hall–Kier alpha value is -2.00.